The number of rotatable bonds is 5. The van der Waals surface area contributed by atoms with E-state index in [4.69, 9.17) is 9.72 Å². The van der Waals surface area contributed by atoms with Crippen LogP contribution < -0.4 is 4.74 Å². The summed E-state index contributed by atoms with van der Waals surface area (Å²) in [6, 6.07) is 14.0. The van der Waals surface area contributed by atoms with Crippen LogP contribution in [0.2, 0.25) is 0 Å². The predicted molar refractivity (Wildman–Crippen MR) is 107 cm³/mol. The summed E-state index contributed by atoms with van der Waals surface area (Å²) in [6.45, 7) is 0.409. The van der Waals surface area contributed by atoms with Gasteiger partial charge in [-0.25, -0.2) is 4.98 Å². The van der Waals surface area contributed by atoms with E-state index >= 15 is 0 Å². The molecule has 0 saturated carbocycles. The number of amides is 1. The average Bonchev–Trinajstić information content (AvgIpc) is 3.16. The number of carbonyl (C=O) groups is 1. The Morgan fingerprint density at radius 2 is 2.00 bits per heavy atom. The van der Waals surface area contributed by atoms with Crippen LogP contribution in [0.5, 0.6) is 5.75 Å². The van der Waals surface area contributed by atoms with Gasteiger partial charge in [0.05, 0.1) is 21.2 Å². The van der Waals surface area contributed by atoms with Crippen molar-refractivity contribution >= 4 is 33.1 Å². The molecule has 1 amide bonds. The van der Waals surface area contributed by atoms with Gasteiger partial charge >= 0.3 is 5.69 Å². The molecule has 1 aliphatic rings. The Labute approximate surface area is 165 Å². The number of ether oxygens (including phenoxy) is 1. The number of nitro benzene ring substituents is 1. The number of likely N-dealkylation sites (tertiary alicyclic amines) is 1. The summed E-state index contributed by atoms with van der Waals surface area (Å²) >= 11 is 1.61. The molecular weight excluding hydrogens is 378 g/mol. The molecule has 4 rings (SSSR count). The Morgan fingerprint density at radius 1 is 1.21 bits per heavy atom. The lowest BCUT2D eigenvalue weighted by Gasteiger charge is -2.34. The first-order valence-electron chi connectivity index (χ1n) is 9.14. The zero-order valence-electron chi connectivity index (χ0n) is 15.1. The van der Waals surface area contributed by atoms with Crippen LogP contribution in [-0.4, -0.2) is 33.9 Å². The normalized spacial score (nSPS) is 16.9. The fourth-order valence-corrected chi connectivity index (χ4v) is 4.59. The number of piperidine rings is 1. The van der Waals surface area contributed by atoms with E-state index in [-0.39, 0.29) is 30.0 Å². The second-order valence-corrected chi connectivity index (χ2v) is 7.69. The van der Waals surface area contributed by atoms with E-state index in [9.17, 15) is 14.9 Å². The lowest BCUT2D eigenvalue weighted by Crippen LogP contribution is -2.41. The zero-order valence-corrected chi connectivity index (χ0v) is 15.9. The van der Waals surface area contributed by atoms with Crippen LogP contribution in [-0.2, 0) is 4.79 Å². The van der Waals surface area contributed by atoms with Gasteiger partial charge in [0.1, 0.15) is 5.01 Å². The molecule has 8 heteroatoms. The Bertz CT molecular complexity index is 986. The number of thiazole rings is 1. The molecule has 0 bridgehead atoms. The van der Waals surface area contributed by atoms with Gasteiger partial charge in [-0.05, 0) is 37.5 Å². The van der Waals surface area contributed by atoms with E-state index in [1.54, 1.807) is 28.4 Å². The first kappa shape index (κ1) is 18.4. The van der Waals surface area contributed by atoms with Gasteiger partial charge in [-0.2, -0.15) is 0 Å². The second kappa shape index (κ2) is 7.93. The SMILES string of the molecule is O=C(COc1ccccc1[N+](=O)[O-])N1CCCCC1c1nc2ccccc2s1. The number of nitro groups is 1. The maximum Gasteiger partial charge on any atom is 0.310 e. The van der Waals surface area contributed by atoms with Crippen molar-refractivity contribution < 1.29 is 14.5 Å². The van der Waals surface area contributed by atoms with Crippen LogP contribution in [0.4, 0.5) is 5.69 Å². The van der Waals surface area contributed by atoms with Gasteiger partial charge in [0.25, 0.3) is 5.91 Å². The molecule has 2 heterocycles. The van der Waals surface area contributed by atoms with Crippen molar-refractivity contribution in [3.8, 4) is 5.75 Å². The third-order valence-electron chi connectivity index (χ3n) is 4.83. The van der Waals surface area contributed by atoms with Crippen molar-refractivity contribution in [3.63, 3.8) is 0 Å². The van der Waals surface area contributed by atoms with Gasteiger partial charge < -0.3 is 9.64 Å². The van der Waals surface area contributed by atoms with Crippen molar-refractivity contribution in [2.45, 2.75) is 25.3 Å². The molecule has 0 N–H and O–H groups in total. The quantitative estimate of drug-likeness (QED) is 0.472. The summed E-state index contributed by atoms with van der Waals surface area (Å²) in [4.78, 5) is 30.0. The third kappa shape index (κ3) is 3.68. The molecule has 144 valence electrons. The summed E-state index contributed by atoms with van der Waals surface area (Å²) in [5, 5.41) is 12.0. The lowest BCUT2D eigenvalue weighted by molar-refractivity contribution is -0.385. The molecule has 3 aromatic rings. The van der Waals surface area contributed by atoms with Crippen LogP contribution in [0.15, 0.2) is 48.5 Å². The van der Waals surface area contributed by atoms with Crippen molar-refractivity contribution in [1.29, 1.82) is 0 Å². The van der Waals surface area contributed by atoms with Crippen LogP contribution in [0.3, 0.4) is 0 Å². The highest BCUT2D eigenvalue weighted by atomic mass is 32.1. The van der Waals surface area contributed by atoms with Gasteiger partial charge in [-0.1, -0.05) is 24.3 Å². The number of hydrogen-bond donors (Lipinski definition) is 0. The fraction of sp³-hybridized carbons (Fsp3) is 0.300. The van der Waals surface area contributed by atoms with E-state index in [1.807, 2.05) is 24.3 Å². The highest BCUT2D eigenvalue weighted by molar-refractivity contribution is 7.18. The highest BCUT2D eigenvalue weighted by Gasteiger charge is 2.31. The first-order chi connectivity index (χ1) is 13.6. The summed E-state index contributed by atoms with van der Waals surface area (Å²) in [7, 11) is 0. The minimum atomic E-state index is -0.509. The van der Waals surface area contributed by atoms with E-state index in [0.717, 1.165) is 34.5 Å². The third-order valence-corrected chi connectivity index (χ3v) is 5.97. The number of carbonyl (C=O) groups excluding carboxylic acids is 1. The first-order valence-corrected chi connectivity index (χ1v) is 9.96. The Kier molecular flexibility index (Phi) is 5.21. The molecule has 1 saturated heterocycles. The maximum atomic E-state index is 12.9. The summed E-state index contributed by atoms with van der Waals surface area (Å²) in [5.41, 5.74) is 0.799. The molecule has 1 aliphatic heterocycles. The number of fused-ring (bicyclic) bond motifs is 1. The molecule has 1 unspecified atom stereocenters. The van der Waals surface area contributed by atoms with Gasteiger partial charge in [-0.3, -0.25) is 14.9 Å². The van der Waals surface area contributed by atoms with Crippen LogP contribution >= 0.6 is 11.3 Å². The molecular formula is C20H19N3O4S. The fourth-order valence-electron chi connectivity index (χ4n) is 3.47. The molecule has 1 atom stereocenters. The van der Waals surface area contributed by atoms with Crippen LogP contribution in [0.1, 0.15) is 30.3 Å². The number of aromatic nitrogens is 1. The second-order valence-electron chi connectivity index (χ2n) is 6.63. The summed E-state index contributed by atoms with van der Waals surface area (Å²) in [5.74, 6) is -0.0727. The minimum absolute atomic E-state index is 0.0759. The maximum absolute atomic E-state index is 12.9. The molecule has 1 fully saturated rings. The number of benzene rings is 2. The highest BCUT2D eigenvalue weighted by Crippen LogP contribution is 2.36. The topological polar surface area (TPSA) is 85.6 Å². The molecule has 0 radical (unpaired) electrons. The van der Waals surface area contributed by atoms with Gasteiger partial charge in [-0.15, -0.1) is 11.3 Å². The predicted octanol–water partition coefficient (Wildman–Crippen LogP) is 4.34. The molecule has 2 aromatic carbocycles. The summed E-state index contributed by atoms with van der Waals surface area (Å²) in [6.07, 6.45) is 2.82. The molecule has 1 aromatic heterocycles. The number of para-hydroxylation sites is 3. The zero-order chi connectivity index (χ0) is 19.5. The van der Waals surface area contributed by atoms with Gasteiger partial charge in [0.2, 0.25) is 0 Å². The Balaban J connectivity index is 1.51. The lowest BCUT2D eigenvalue weighted by atomic mass is 10.0. The molecule has 7 nitrogen and oxygen atoms in total. The van der Waals surface area contributed by atoms with Crippen molar-refractivity contribution in [2.75, 3.05) is 13.2 Å². The van der Waals surface area contributed by atoms with Crippen molar-refractivity contribution in [2.24, 2.45) is 0 Å². The molecule has 28 heavy (non-hydrogen) atoms. The summed E-state index contributed by atoms with van der Waals surface area (Å²) < 4.78 is 6.61. The Hall–Kier alpha value is -3.00. The van der Waals surface area contributed by atoms with Gasteiger partial charge in [0, 0.05) is 12.6 Å². The molecule has 0 spiro atoms. The molecule has 0 aliphatic carbocycles. The van der Waals surface area contributed by atoms with Crippen LogP contribution in [0, 0.1) is 10.1 Å². The standard InChI is InChI=1S/C20H19N3O4S/c24-19(13-27-17-10-3-2-8-15(17)23(25)26)22-12-6-5-9-16(22)20-21-14-7-1-4-11-18(14)28-20/h1-4,7-8,10-11,16H,5-6,9,12-13H2. The van der Waals surface area contributed by atoms with E-state index in [0.29, 0.717) is 6.54 Å². The van der Waals surface area contributed by atoms with Gasteiger partial charge in [0.15, 0.2) is 12.4 Å². The van der Waals surface area contributed by atoms with E-state index in [2.05, 4.69) is 0 Å². The van der Waals surface area contributed by atoms with Crippen molar-refractivity contribution in [1.82, 2.24) is 9.88 Å². The van der Waals surface area contributed by atoms with E-state index < -0.39 is 4.92 Å². The van der Waals surface area contributed by atoms with E-state index in [1.165, 1.54) is 12.1 Å². The van der Waals surface area contributed by atoms with Crippen molar-refractivity contribution in [3.05, 3.63) is 63.7 Å². The number of nitrogens with zero attached hydrogens (tertiary/aromatic N) is 3. The smallest absolute Gasteiger partial charge is 0.310 e. The largest absolute Gasteiger partial charge is 0.477 e. The Morgan fingerprint density at radius 3 is 2.82 bits per heavy atom. The minimum Gasteiger partial charge on any atom is -0.477 e. The number of hydrogen-bond acceptors (Lipinski definition) is 6. The van der Waals surface area contributed by atoms with Crippen LogP contribution in [0.25, 0.3) is 10.2 Å². The monoisotopic (exact) mass is 397 g/mol. The average molecular weight is 397 g/mol.